The Kier molecular flexibility index (Phi) is 2.86. The van der Waals surface area contributed by atoms with Crippen LogP contribution >= 0.6 is 0 Å². The zero-order valence-electron chi connectivity index (χ0n) is 9.35. The summed E-state index contributed by atoms with van der Waals surface area (Å²) in [5.74, 6) is -0.482. The van der Waals surface area contributed by atoms with Gasteiger partial charge < -0.3 is 4.74 Å². The number of methoxy groups -OCH3 is 1. The van der Waals surface area contributed by atoms with Gasteiger partial charge in [0, 0.05) is 7.05 Å². The Labute approximate surface area is 96.9 Å². The van der Waals surface area contributed by atoms with Crippen LogP contribution in [0.4, 0.5) is 4.39 Å². The quantitative estimate of drug-likeness (QED) is 0.750. The maximum atomic E-state index is 12.7. The smallest absolute Gasteiger partial charge is 0.233 e. The number of nitrogens with zero attached hydrogens (tertiary/aromatic N) is 3. The highest BCUT2D eigenvalue weighted by molar-refractivity contribution is 6.08. The van der Waals surface area contributed by atoms with Crippen LogP contribution in [0.2, 0.25) is 0 Å². The fourth-order valence-corrected chi connectivity index (χ4v) is 1.46. The van der Waals surface area contributed by atoms with Gasteiger partial charge >= 0.3 is 0 Å². The lowest BCUT2D eigenvalue weighted by Crippen LogP contribution is -2.11. The lowest BCUT2D eigenvalue weighted by molar-refractivity contribution is 0.102. The topological polar surface area (TPSA) is 57.0 Å². The standard InChI is InChI=1S/C11H10FN3O2/c1-15-10(9(17-2)6-14-15)11(16)8-4-3-7(12)5-13-8/h3-6H,1-2H3. The van der Waals surface area contributed by atoms with E-state index >= 15 is 0 Å². The number of ether oxygens (including phenoxy) is 1. The Morgan fingerprint density at radius 2 is 2.18 bits per heavy atom. The van der Waals surface area contributed by atoms with Gasteiger partial charge in [0.1, 0.15) is 11.5 Å². The van der Waals surface area contributed by atoms with Crippen molar-refractivity contribution < 1.29 is 13.9 Å². The summed E-state index contributed by atoms with van der Waals surface area (Å²) in [5, 5.41) is 3.92. The molecular weight excluding hydrogens is 225 g/mol. The number of ketones is 1. The van der Waals surface area contributed by atoms with E-state index in [0.29, 0.717) is 5.75 Å². The van der Waals surface area contributed by atoms with Crippen molar-refractivity contribution in [2.45, 2.75) is 0 Å². The molecule has 0 aliphatic heterocycles. The largest absolute Gasteiger partial charge is 0.493 e. The summed E-state index contributed by atoms with van der Waals surface area (Å²) in [6.45, 7) is 0. The Balaban J connectivity index is 2.43. The van der Waals surface area contributed by atoms with Crippen molar-refractivity contribution in [2.75, 3.05) is 7.11 Å². The van der Waals surface area contributed by atoms with Gasteiger partial charge in [-0.25, -0.2) is 9.37 Å². The second-order valence-electron chi connectivity index (χ2n) is 3.38. The molecule has 6 heteroatoms. The molecule has 2 aromatic heterocycles. The van der Waals surface area contributed by atoms with E-state index in [1.165, 1.54) is 30.1 Å². The SMILES string of the molecule is COc1cnn(C)c1C(=O)c1ccc(F)cn1. The van der Waals surface area contributed by atoms with Gasteiger partial charge in [-0.2, -0.15) is 5.10 Å². The molecule has 0 amide bonds. The van der Waals surface area contributed by atoms with Crippen molar-refractivity contribution in [1.29, 1.82) is 0 Å². The molecule has 0 saturated carbocycles. The van der Waals surface area contributed by atoms with Crippen molar-refractivity contribution in [2.24, 2.45) is 7.05 Å². The normalized spacial score (nSPS) is 10.3. The van der Waals surface area contributed by atoms with Gasteiger partial charge in [-0.1, -0.05) is 0 Å². The van der Waals surface area contributed by atoms with Gasteiger partial charge in [0.25, 0.3) is 0 Å². The Bertz CT molecular complexity index is 548. The fraction of sp³-hybridized carbons (Fsp3) is 0.182. The molecule has 2 heterocycles. The molecule has 0 N–H and O–H groups in total. The summed E-state index contributed by atoms with van der Waals surface area (Å²) in [7, 11) is 3.07. The highest BCUT2D eigenvalue weighted by Gasteiger charge is 2.20. The van der Waals surface area contributed by atoms with Crippen molar-refractivity contribution in [3.05, 3.63) is 41.7 Å². The second kappa shape index (κ2) is 4.32. The van der Waals surface area contributed by atoms with E-state index in [1.54, 1.807) is 7.05 Å². The third kappa shape index (κ3) is 2.01. The zero-order valence-corrected chi connectivity index (χ0v) is 9.35. The van der Waals surface area contributed by atoms with Gasteiger partial charge in [-0.3, -0.25) is 9.48 Å². The molecule has 0 atom stereocenters. The molecule has 0 spiro atoms. The third-order valence-electron chi connectivity index (χ3n) is 2.30. The van der Waals surface area contributed by atoms with E-state index in [2.05, 4.69) is 10.1 Å². The van der Waals surface area contributed by atoms with Gasteiger partial charge in [-0.15, -0.1) is 0 Å². The summed E-state index contributed by atoms with van der Waals surface area (Å²) in [6.07, 6.45) is 2.44. The van der Waals surface area contributed by atoms with E-state index in [4.69, 9.17) is 4.74 Å². The van der Waals surface area contributed by atoms with Crippen LogP contribution in [0.25, 0.3) is 0 Å². The number of halogens is 1. The summed E-state index contributed by atoms with van der Waals surface area (Å²) >= 11 is 0. The molecule has 2 rings (SSSR count). The molecule has 0 bridgehead atoms. The maximum absolute atomic E-state index is 12.7. The summed E-state index contributed by atoms with van der Waals surface area (Å²) < 4.78 is 19.1. The Hall–Kier alpha value is -2.24. The highest BCUT2D eigenvalue weighted by Crippen LogP contribution is 2.19. The van der Waals surface area contributed by atoms with Crippen LogP contribution in [-0.4, -0.2) is 27.7 Å². The first-order chi connectivity index (χ1) is 8.13. The predicted octanol–water partition coefficient (Wildman–Crippen LogP) is 1.19. The lowest BCUT2D eigenvalue weighted by Gasteiger charge is -2.03. The molecular formula is C11H10FN3O2. The first kappa shape index (κ1) is 11.3. The molecule has 0 radical (unpaired) electrons. The maximum Gasteiger partial charge on any atom is 0.233 e. The van der Waals surface area contributed by atoms with Crippen LogP contribution in [0.5, 0.6) is 5.75 Å². The molecule has 0 aliphatic carbocycles. The highest BCUT2D eigenvalue weighted by atomic mass is 19.1. The van der Waals surface area contributed by atoms with E-state index in [0.717, 1.165) is 6.20 Å². The molecule has 0 aliphatic rings. The molecule has 0 saturated heterocycles. The van der Waals surface area contributed by atoms with Gasteiger partial charge in [0.15, 0.2) is 11.4 Å². The molecule has 5 nitrogen and oxygen atoms in total. The number of carbonyl (C=O) groups excluding carboxylic acids is 1. The summed E-state index contributed by atoms with van der Waals surface area (Å²) in [4.78, 5) is 15.8. The fourth-order valence-electron chi connectivity index (χ4n) is 1.46. The number of aromatic nitrogens is 3. The van der Waals surface area contributed by atoms with E-state index in [-0.39, 0.29) is 17.2 Å². The van der Waals surface area contributed by atoms with E-state index in [9.17, 15) is 9.18 Å². The third-order valence-corrected chi connectivity index (χ3v) is 2.30. The number of hydrogen-bond acceptors (Lipinski definition) is 4. The second-order valence-corrected chi connectivity index (χ2v) is 3.38. The minimum absolute atomic E-state index is 0.147. The van der Waals surface area contributed by atoms with Crippen LogP contribution in [0.15, 0.2) is 24.5 Å². The number of hydrogen-bond donors (Lipinski definition) is 0. The lowest BCUT2D eigenvalue weighted by atomic mass is 10.2. The molecule has 0 aromatic carbocycles. The summed E-state index contributed by atoms with van der Waals surface area (Å²) in [6, 6.07) is 2.51. The monoisotopic (exact) mass is 235 g/mol. The van der Waals surface area contributed by atoms with Crippen molar-refractivity contribution in [3.63, 3.8) is 0 Å². The molecule has 0 unspecified atom stereocenters. The zero-order chi connectivity index (χ0) is 12.4. The van der Waals surface area contributed by atoms with Crippen molar-refractivity contribution in [3.8, 4) is 5.75 Å². The molecule has 88 valence electrons. The number of aryl methyl sites for hydroxylation is 1. The van der Waals surface area contributed by atoms with Crippen LogP contribution in [-0.2, 0) is 7.05 Å². The van der Waals surface area contributed by atoms with Crippen LogP contribution in [0.1, 0.15) is 16.2 Å². The minimum Gasteiger partial charge on any atom is -0.493 e. The summed E-state index contributed by atoms with van der Waals surface area (Å²) in [5.41, 5.74) is 0.430. The number of carbonyl (C=O) groups is 1. The van der Waals surface area contributed by atoms with Crippen LogP contribution in [0.3, 0.4) is 0 Å². The van der Waals surface area contributed by atoms with Gasteiger partial charge in [0.2, 0.25) is 5.78 Å². The predicted molar refractivity (Wildman–Crippen MR) is 57.4 cm³/mol. The first-order valence-corrected chi connectivity index (χ1v) is 4.85. The van der Waals surface area contributed by atoms with Crippen LogP contribution < -0.4 is 4.74 Å². The Morgan fingerprint density at radius 1 is 1.41 bits per heavy atom. The first-order valence-electron chi connectivity index (χ1n) is 4.85. The van der Waals surface area contributed by atoms with Gasteiger partial charge in [-0.05, 0) is 12.1 Å². The molecule has 0 fully saturated rings. The average Bonchev–Trinajstić information content (AvgIpc) is 2.70. The van der Waals surface area contributed by atoms with E-state index in [1.807, 2.05) is 0 Å². The molecule has 2 aromatic rings. The number of pyridine rings is 1. The minimum atomic E-state index is -0.487. The number of rotatable bonds is 3. The van der Waals surface area contributed by atoms with Crippen molar-refractivity contribution >= 4 is 5.78 Å². The average molecular weight is 235 g/mol. The van der Waals surface area contributed by atoms with Gasteiger partial charge in [0.05, 0.1) is 19.5 Å². The van der Waals surface area contributed by atoms with E-state index < -0.39 is 5.82 Å². The van der Waals surface area contributed by atoms with Crippen LogP contribution in [0, 0.1) is 5.82 Å². The Morgan fingerprint density at radius 3 is 2.76 bits per heavy atom. The molecule has 17 heavy (non-hydrogen) atoms. The van der Waals surface area contributed by atoms with Crippen molar-refractivity contribution in [1.82, 2.24) is 14.8 Å².